The first-order chi connectivity index (χ1) is 12.5. The van der Waals surface area contributed by atoms with Gasteiger partial charge in [0.15, 0.2) is 0 Å². The number of hydrogen-bond acceptors (Lipinski definition) is 7. The van der Waals surface area contributed by atoms with Gasteiger partial charge in [0, 0.05) is 0 Å². The molecule has 0 unspecified atom stereocenters. The number of nitro groups is 1. The zero-order valence-electron chi connectivity index (χ0n) is 14.4. The van der Waals surface area contributed by atoms with Gasteiger partial charge in [0.2, 0.25) is 17.6 Å². The third kappa shape index (κ3) is 3.64. The van der Waals surface area contributed by atoms with Crippen LogP contribution in [-0.2, 0) is 0 Å². The number of rotatable bonds is 5. The van der Waals surface area contributed by atoms with Crippen molar-refractivity contribution >= 4 is 29.0 Å². The lowest BCUT2D eigenvalue weighted by molar-refractivity contribution is -0.898. The molecule has 0 spiro atoms. The monoisotopic (exact) mass is 362 g/mol. The van der Waals surface area contributed by atoms with E-state index in [1.54, 1.807) is 6.07 Å². The van der Waals surface area contributed by atoms with E-state index < -0.39 is 16.4 Å². The average Bonchev–Trinajstić information content (AvgIpc) is 2.63. The zero-order valence-corrected chi connectivity index (χ0v) is 14.4. The highest BCUT2D eigenvalue weighted by atomic mass is 19.1. The fourth-order valence-electron chi connectivity index (χ4n) is 2.94. The second-order valence-corrected chi connectivity index (χ2v) is 6.06. The van der Waals surface area contributed by atoms with Crippen LogP contribution in [0.2, 0.25) is 0 Å². The number of anilines is 4. The van der Waals surface area contributed by atoms with Crippen LogP contribution in [0.3, 0.4) is 0 Å². The van der Waals surface area contributed by atoms with Crippen LogP contribution in [0.15, 0.2) is 24.3 Å². The quantitative estimate of drug-likeness (QED) is 0.526. The SMILES string of the molecule is CC[NH+]1CCN(c2nc(N)c([N+](=O)[O-])c(Nc3ccccc3F)n2)CC1. The third-order valence-corrected chi connectivity index (χ3v) is 4.46. The molecule has 10 heteroatoms. The molecule has 0 atom stereocenters. The van der Waals surface area contributed by atoms with Crippen LogP contribution >= 0.6 is 0 Å². The molecule has 0 amide bonds. The molecule has 0 radical (unpaired) electrons. The Hall–Kier alpha value is -3.01. The first-order valence-corrected chi connectivity index (χ1v) is 8.41. The minimum Gasteiger partial charge on any atom is -0.378 e. The lowest BCUT2D eigenvalue weighted by atomic mass is 10.3. The number of nitrogen functional groups attached to an aromatic ring is 1. The number of quaternary nitrogens is 1. The molecule has 138 valence electrons. The summed E-state index contributed by atoms with van der Waals surface area (Å²) in [6.45, 7) is 6.46. The van der Waals surface area contributed by atoms with E-state index in [1.165, 1.54) is 23.1 Å². The van der Waals surface area contributed by atoms with Crippen LogP contribution in [-0.4, -0.2) is 47.6 Å². The maximum atomic E-state index is 13.9. The van der Waals surface area contributed by atoms with Crippen LogP contribution < -0.4 is 20.9 Å². The largest absolute Gasteiger partial charge is 0.378 e. The van der Waals surface area contributed by atoms with E-state index >= 15 is 0 Å². The molecule has 1 fully saturated rings. The van der Waals surface area contributed by atoms with E-state index in [-0.39, 0.29) is 17.3 Å². The highest BCUT2D eigenvalue weighted by molar-refractivity contribution is 5.74. The summed E-state index contributed by atoms with van der Waals surface area (Å²) in [5.41, 5.74) is 5.44. The van der Waals surface area contributed by atoms with Crippen LogP contribution in [0.4, 0.5) is 33.3 Å². The first-order valence-electron chi connectivity index (χ1n) is 8.41. The van der Waals surface area contributed by atoms with Gasteiger partial charge in [-0.1, -0.05) is 12.1 Å². The number of halogens is 1. The van der Waals surface area contributed by atoms with Crippen molar-refractivity contribution in [1.82, 2.24) is 9.97 Å². The number of piperazine rings is 1. The Morgan fingerprint density at radius 1 is 1.35 bits per heavy atom. The maximum Gasteiger partial charge on any atom is 0.353 e. The van der Waals surface area contributed by atoms with Gasteiger partial charge in [-0.15, -0.1) is 0 Å². The standard InChI is InChI=1S/C16H20FN7O2/c1-2-22-7-9-23(10-8-22)16-20-14(18)13(24(25)26)15(21-16)19-12-6-4-3-5-11(12)17/h3-6H,2,7-10H2,1H3,(H3,18,19,20,21)/p+1. The molecule has 2 heterocycles. The highest BCUT2D eigenvalue weighted by Gasteiger charge is 2.27. The lowest BCUT2D eigenvalue weighted by Crippen LogP contribution is -3.14. The zero-order chi connectivity index (χ0) is 18.7. The number of likely N-dealkylation sites (N-methyl/N-ethyl adjacent to an activating group) is 1. The molecule has 1 aliphatic rings. The molecule has 4 N–H and O–H groups in total. The van der Waals surface area contributed by atoms with Gasteiger partial charge in [0.25, 0.3) is 0 Å². The number of benzene rings is 1. The van der Waals surface area contributed by atoms with E-state index in [4.69, 9.17) is 5.73 Å². The van der Waals surface area contributed by atoms with Crippen molar-refractivity contribution < 1.29 is 14.2 Å². The summed E-state index contributed by atoms with van der Waals surface area (Å²) in [6.07, 6.45) is 0. The van der Waals surface area contributed by atoms with Crippen LogP contribution in [0.25, 0.3) is 0 Å². The Balaban J connectivity index is 1.95. The Bertz CT molecular complexity index is 809. The highest BCUT2D eigenvalue weighted by Crippen LogP contribution is 2.32. The first kappa shape index (κ1) is 17.8. The van der Waals surface area contributed by atoms with E-state index in [0.29, 0.717) is 5.95 Å². The molecule has 0 bridgehead atoms. The van der Waals surface area contributed by atoms with Gasteiger partial charge < -0.3 is 20.9 Å². The number of aromatic nitrogens is 2. The van der Waals surface area contributed by atoms with Crippen molar-refractivity contribution in [2.75, 3.05) is 48.7 Å². The van der Waals surface area contributed by atoms with Gasteiger partial charge in [0.1, 0.15) is 5.82 Å². The summed E-state index contributed by atoms with van der Waals surface area (Å²) < 4.78 is 13.9. The molecule has 0 saturated carbocycles. The van der Waals surface area contributed by atoms with E-state index in [1.807, 2.05) is 4.90 Å². The number of nitrogens with zero attached hydrogens (tertiary/aromatic N) is 4. The van der Waals surface area contributed by atoms with Gasteiger partial charge in [-0.25, -0.2) is 4.39 Å². The number of nitrogens with two attached hydrogens (primary N) is 1. The Morgan fingerprint density at radius 3 is 2.65 bits per heavy atom. The molecular formula is C16H21FN7O2+. The van der Waals surface area contributed by atoms with E-state index in [0.717, 1.165) is 32.7 Å². The van der Waals surface area contributed by atoms with Crippen molar-refractivity contribution in [3.05, 3.63) is 40.2 Å². The van der Waals surface area contributed by atoms with Crippen molar-refractivity contribution in [3.63, 3.8) is 0 Å². The molecule has 1 aromatic carbocycles. The summed E-state index contributed by atoms with van der Waals surface area (Å²) in [4.78, 5) is 22.5. The fraction of sp³-hybridized carbons (Fsp3) is 0.375. The summed E-state index contributed by atoms with van der Waals surface area (Å²) in [5.74, 6) is -0.597. The predicted octanol–water partition coefficient (Wildman–Crippen LogP) is 0.575. The second kappa shape index (κ2) is 7.48. The van der Waals surface area contributed by atoms with Crippen molar-refractivity contribution in [2.45, 2.75) is 6.92 Å². The van der Waals surface area contributed by atoms with Crippen LogP contribution in [0.5, 0.6) is 0 Å². The van der Waals surface area contributed by atoms with E-state index in [9.17, 15) is 14.5 Å². The van der Waals surface area contributed by atoms with Crippen LogP contribution in [0.1, 0.15) is 6.92 Å². The number of nitrogens with one attached hydrogen (secondary N) is 2. The molecular weight excluding hydrogens is 341 g/mol. The van der Waals surface area contributed by atoms with Gasteiger partial charge in [-0.2, -0.15) is 9.97 Å². The molecule has 3 rings (SSSR count). The summed E-state index contributed by atoms with van der Waals surface area (Å²) in [7, 11) is 0. The molecule has 1 saturated heterocycles. The van der Waals surface area contributed by atoms with Gasteiger partial charge in [-0.3, -0.25) is 10.1 Å². The maximum absolute atomic E-state index is 13.9. The topological polar surface area (TPSA) is 115 Å². The normalized spacial score (nSPS) is 15.1. The molecule has 2 aromatic rings. The fourth-order valence-corrected chi connectivity index (χ4v) is 2.94. The number of hydrogen-bond donors (Lipinski definition) is 3. The Kier molecular flexibility index (Phi) is 5.12. The second-order valence-electron chi connectivity index (χ2n) is 6.06. The van der Waals surface area contributed by atoms with Crippen molar-refractivity contribution in [3.8, 4) is 0 Å². The smallest absolute Gasteiger partial charge is 0.353 e. The molecule has 0 aliphatic carbocycles. The summed E-state index contributed by atoms with van der Waals surface area (Å²) in [6, 6.07) is 5.88. The van der Waals surface area contributed by atoms with Gasteiger partial charge >= 0.3 is 5.69 Å². The molecule has 1 aromatic heterocycles. The predicted molar refractivity (Wildman–Crippen MR) is 96.2 cm³/mol. The molecule has 1 aliphatic heterocycles. The molecule has 9 nitrogen and oxygen atoms in total. The Morgan fingerprint density at radius 2 is 2.04 bits per heavy atom. The number of para-hydroxylation sites is 1. The van der Waals surface area contributed by atoms with Crippen molar-refractivity contribution in [2.24, 2.45) is 0 Å². The minimum atomic E-state index is -0.665. The van der Waals surface area contributed by atoms with Crippen LogP contribution in [0, 0.1) is 15.9 Å². The molecule has 26 heavy (non-hydrogen) atoms. The van der Waals surface area contributed by atoms with Crippen molar-refractivity contribution in [1.29, 1.82) is 0 Å². The summed E-state index contributed by atoms with van der Waals surface area (Å²) >= 11 is 0. The average molecular weight is 362 g/mol. The minimum absolute atomic E-state index is 0.0832. The third-order valence-electron chi connectivity index (χ3n) is 4.46. The summed E-state index contributed by atoms with van der Waals surface area (Å²) in [5, 5.41) is 14.1. The van der Waals surface area contributed by atoms with Gasteiger partial charge in [0.05, 0.1) is 43.3 Å². The van der Waals surface area contributed by atoms with Gasteiger partial charge in [-0.05, 0) is 19.1 Å². The Labute approximate surface area is 149 Å². The van der Waals surface area contributed by atoms with E-state index in [2.05, 4.69) is 22.2 Å². The lowest BCUT2D eigenvalue weighted by Gasteiger charge is -2.31.